The molecule has 0 aliphatic heterocycles. The first-order valence-electron chi connectivity index (χ1n) is 6.05. The fourth-order valence-electron chi connectivity index (χ4n) is 1.73. The Morgan fingerprint density at radius 3 is 2.35 bits per heavy atom. The lowest BCUT2D eigenvalue weighted by atomic mass is 10.00. The predicted molar refractivity (Wildman–Crippen MR) is 70.6 cm³/mol. The molecule has 17 heavy (non-hydrogen) atoms. The first-order valence-corrected chi connectivity index (χ1v) is 6.05. The number of aryl methyl sites for hydroxylation is 1. The number of carbonyl (C=O) groups is 1. The highest BCUT2D eigenvalue weighted by Crippen LogP contribution is 2.17. The van der Waals surface area contributed by atoms with Gasteiger partial charge < -0.3 is 11.1 Å². The molecule has 3 N–H and O–H groups in total. The summed E-state index contributed by atoms with van der Waals surface area (Å²) in [5.41, 5.74) is 8.06. The normalized spacial score (nSPS) is 16.1. The summed E-state index contributed by atoms with van der Waals surface area (Å²) in [7, 11) is 0. The van der Waals surface area contributed by atoms with Crippen molar-refractivity contribution in [1.29, 1.82) is 0 Å². The van der Waals surface area contributed by atoms with Crippen LogP contribution in [0.3, 0.4) is 0 Å². The van der Waals surface area contributed by atoms with E-state index >= 15 is 0 Å². The molecule has 3 atom stereocenters. The van der Waals surface area contributed by atoms with Gasteiger partial charge in [-0.15, -0.1) is 0 Å². The van der Waals surface area contributed by atoms with Gasteiger partial charge in [-0.1, -0.05) is 31.2 Å². The van der Waals surface area contributed by atoms with E-state index in [2.05, 4.69) is 5.32 Å². The second kappa shape index (κ2) is 5.82. The molecule has 1 aromatic carbocycles. The number of rotatable bonds is 4. The van der Waals surface area contributed by atoms with E-state index in [0.29, 0.717) is 0 Å². The van der Waals surface area contributed by atoms with Crippen molar-refractivity contribution in [2.45, 2.75) is 39.8 Å². The number of nitrogens with two attached hydrogens (primary N) is 1. The molecule has 0 radical (unpaired) electrons. The van der Waals surface area contributed by atoms with E-state index in [4.69, 9.17) is 5.73 Å². The summed E-state index contributed by atoms with van der Waals surface area (Å²) in [6.45, 7) is 7.74. The minimum atomic E-state index is -0.165. The van der Waals surface area contributed by atoms with Crippen LogP contribution in [0.1, 0.15) is 37.9 Å². The van der Waals surface area contributed by atoms with Crippen LogP contribution in [-0.2, 0) is 4.79 Å². The van der Waals surface area contributed by atoms with Gasteiger partial charge in [-0.2, -0.15) is 0 Å². The molecule has 3 heteroatoms. The summed E-state index contributed by atoms with van der Waals surface area (Å²) in [5.74, 6) is -0.155. The lowest BCUT2D eigenvalue weighted by Crippen LogP contribution is -2.39. The number of carbonyl (C=O) groups excluding carboxylic acids is 1. The van der Waals surface area contributed by atoms with Crippen molar-refractivity contribution in [2.75, 3.05) is 0 Å². The van der Waals surface area contributed by atoms with Gasteiger partial charge in [0.25, 0.3) is 0 Å². The Balaban J connectivity index is 2.70. The van der Waals surface area contributed by atoms with Gasteiger partial charge in [0.1, 0.15) is 0 Å². The lowest BCUT2D eigenvalue weighted by Gasteiger charge is -2.21. The third-order valence-electron chi connectivity index (χ3n) is 3.22. The number of hydrogen-bond donors (Lipinski definition) is 2. The van der Waals surface area contributed by atoms with E-state index in [1.165, 1.54) is 5.56 Å². The van der Waals surface area contributed by atoms with Gasteiger partial charge in [0.2, 0.25) is 5.91 Å². The smallest absolute Gasteiger partial charge is 0.224 e. The van der Waals surface area contributed by atoms with E-state index in [1.807, 2.05) is 52.0 Å². The Morgan fingerprint density at radius 1 is 1.24 bits per heavy atom. The van der Waals surface area contributed by atoms with Crippen LogP contribution in [-0.4, -0.2) is 11.9 Å². The highest BCUT2D eigenvalue weighted by Gasteiger charge is 2.19. The fraction of sp³-hybridized carbons (Fsp3) is 0.500. The zero-order chi connectivity index (χ0) is 13.0. The van der Waals surface area contributed by atoms with E-state index < -0.39 is 0 Å². The second-order valence-corrected chi connectivity index (χ2v) is 4.73. The Bertz CT molecular complexity index is 388. The van der Waals surface area contributed by atoms with Crippen molar-refractivity contribution < 1.29 is 4.79 Å². The zero-order valence-electron chi connectivity index (χ0n) is 11.0. The summed E-state index contributed by atoms with van der Waals surface area (Å²) < 4.78 is 0. The van der Waals surface area contributed by atoms with Crippen LogP contribution in [0.2, 0.25) is 0 Å². The van der Waals surface area contributed by atoms with Crippen LogP contribution in [0.5, 0.6) is 0 Å². The van der Waals surface area contributed by atoms with E-state index in [0.717, 1.165) is 5.56 Å². The maximum Gasteiger partial charge on any atom is 0.224 e. The van der Waals surface area contributed by atoms with Gasteiger partial charge in [0.05, 0.1) is 6.04 Å². The molecule has 0 aromatic heterocycles. The molecule has 0 aliphatic carbocycles. The van der Waals surface area contributed by atoms with E-state index in [1.54, 1.807) is 0 Å². The Labute approximate surface area is 103 Å². The standard InChI is InChI=1S/C14H22N2O/c1-9-7-5-6-8-13(9)12(4)16-14(17)10(2)11(3)15/h5-8,10-12H,15H2,1-4H3,(H,16,17)/t10?,11?,12-/m0/s1. The number of nitrogens with one attached hydrogen (secondary N) is 1. The minimum Gasteiger partial charge on any atom is -0.349 e. The average Bonchev–Trinajstić information content (AvgIpc) is 2.28. The van der Waals surface area contributed by atoms with Gasteiger partial charge in [-0.25, -0.2) is 0 Å². The molecular formula is C14H22N2O. The van der Waals surface area contributed by atoms with Gasteiger partial charge >= 0.3 is 0 Å². The lowest BCUT2D eigenvalue weighted by molar-refractivity contribution is -0.125. The quantitative estimate of drug-likeness (QED) is 0.838. The third-order valence-corrected chi connectivity index (χ3v) is 3.22. The van der Waals surface area contributed by atoms with Crippen molar-refractivity contribution in [3.05, 3.63) is 35.4 Å². The van der Waals surface area contributed by atoms with Crippen LogP contribution >= 0.6 is 0 Å². The SMILES string of the molecule is Cc1ccccc1[C@H](C)NC(=O)C(C)C(C)N. The van der Waals surface area contributed by atoms with Crippen molar-refractivity contribution in [2.24, 2.45) is 11.7 Å². The summed E-state index contributed by atoms with van der Waals surface area (Å²) in [6, 6.07) is 7.96. The van der Waals surface area contributed by atoms with Crippen LogP contribution in [0.25, 0.3) is 0 Å². The fourth-order valence-corrected chi connectivity index (χ4v) is 1.73. The van der Waals surface area contributed by atoms with Crippen LogP contribution < -0.4 is 11.1 Å². The molecule has 2 unspecified atom stereocenters. The van der Waals surface area contributed by atoms with Gasteiger partial charge in [-0.05, 0) is 31.9 Å². The molecule has 0 fully saturated rings. The molecule has 0 aliphatic rings. The van der Waals surface area contributed by atoms with Crippen LogP contribution in [0.15, 0.2) is 24.3 Å². The zero-order valence-corrected chi connectivity index (χ0v) is 11.0. The summed E-state index contributed by atoms with van der Waals surface area (Å²) in [6.07, 6.45) is 0. The molecule has 0 spiro atoms. The number of amides is 1. The van der Waals surface area contributed by atoms with Crippen molar-refractivity contribution in [1.82, 2.24) is 5.32 Å². The number of hydrogen-bond acceptors (Lipinski definition) is 2. The molecule has 1 aromatic rings. The van der Waals surface area contributed by atoms with Crippen LogP contribution in [0, 0.1) is 12.8 Å². The molecule has 3 nitrogen and oxygen atoms in total. The topological polar surface area (TPSA) is 55.1 Å². The maximum absolute atomic E-state index is 11.9. The van der Waals surface area contributed by atoms with Crippen molar-refractivity contribution in [3.8, 4) is 0 Å². The molecule has 94 valence electrons. The molecule has 1 amide bonds. The summed E-state index contributed by atoms with van der Waals surface area (Å²) >= 11 is 0. The molecule has 0 bridgehead atoms. The first kappa shape index (κ1) is 13.7. The monoisotopic (exact) mass is 234 g/mol. The maximum atomic E-state index is 11.9. The molecule has 1 rings (SSSR count). The van der Waals surface area contributed by atoms with Gasteiger partial charge in [0, 0.05) is 12.0 Å². The average molecular weight is 234 g/mol. The van der Waals surface area contributed by atoms with Crippen molar-refractivity contribution in [3.63, 3.8) is 0 Å². The second-order valence-electron chi connectivity index (χ2n) is 4.73. The van der Waals surface area contributed by atoms with Crippen LogP contribution in [0.4, 0.5) is 0 Å². The molecule has 0 saturated heterocycles. The molecular weight excluding hydrogens is 212 g/mol. The van der Waals surface area contributed by atoms with Gasteiger partial charge in [0.15, 0.2) is 0 Å². The highest BCUT2D eigenvalue weighted by atomic mass is 16.1. The van der Waals surface area contributed by atoms with Gasteiger partial charge in [-0.3, -0.25) is 4.79 Å². The van der Waals surface area contributed by atoms with E-state index in [9.17, 15) is 4.79 Å². The largest absolute Gasteiger partial charge is 0.349 e. The summed E-state index contributed by atoms with van der Waals surface area (Å²) in [4.78, 5) is 11.9. The Morgan fingerprint density at radius 2 is 1.82 bits per heavy atom. The first-order chi connectivity index (χ1) is 7.93. The molecule has 0 saturated carbocycles. The van der Waals surface area contributed by atoms with Crippen molar-refractivity contribution >= 4 is 5.91 Å². The third kappa shape index (κ3) is 3.56. The highest BCUT2D eigenvalue weighted by molar-refractivity contribution is 5.79. The Hall–Kier alpha value is -1.35. The Kier molecular flexibility index (Phi) is 4.70. The number of benzene rings is 1. The summed E-state index contributed by atoms with van der Waals surface area (Å²) in [5, 5.41) is 3.00. The minimum absolute atomic E-state index is 0.00996. The van der Waals surface area contributed by atoms with E-state index in [-0.39, 0.29) is 23.9 Å². The predicted octanol–water partition coefficient (Wildman–Crippen LogP) is 2.16. The molecule has 0 heterocycles.